The fourth-order valence-electron chi connectivity index (χ4n) is 9.78. The monoisotopic (exact) mass is 841 g/mol. The summed E-state index contributed by atoms with van der Waals surface area (Å²) in [6.07, 6.45) is 0. The van der Waals surface area contributed by atoms with Crippen LogP contribution < -0.4 is 4.90 Å². The molecule has 310 valence electrons. The standard InChI is InChI=1S/C64H43NO/c1-3-18-44(19-4-1)48-38-41-57(61(43-48)56-28-10-9-27-54(56)45-20-5-2-6-21-45)58-29-11-13-34-62(58)65(50-39-36-47(37-40-50)53-31-16-23-46-22-7-8-26-52(46)53)51-25-15-24-49(42-51)55-32-17-33-60-59-30-12-14-35-63(59)66-64(55)60/h1-43H. The number of benzene rings is 11. The van der Waals surface area contributed by atoms with Gasteiger partial charge in [-0.2, -0.15) is 0 Å². The van der Waals surface area contributed by atoms with Crippen LogP contribution in [0.15, 0.2) is 265 Å². The van der Waals surface area contributed by atoms with Gasteiger partial charge in [-0.1, -0.05) is 218 Å². The van der Waals surface area contributed by atoms with Gasteiger partial charge < -0.3 is 9.32 Å². The molecule has 0 radical (unpaired) electrons. The van der Waals surface area contributed by atoms with E-state index in [1.165, 1.54) is 55.3 Å². The van der Waals surface area contributed by atoms with Crippen molar-refractivity contribution in [2.45, 2.75) is 0 Å². The molecule has 2 nitrogen and oxygen atoms in total. The average molecular weight is 842 g/mol. The quantitative estimate of drug-likeness (QED) is 0.144. The summed E-state index contributed by atoms with van der Waals surface area (Å²) in [6.45, 7) is 0. The summed E-state index contributed by atoms with van der Waals surface area (Å²) >= 11 is 0. The molecule has 1 heterocycles. The zero-order valence-electron chi connectivity index (χ0n) is 36.2. The molecule has 12 aromatic rings. The van der Waals surface area contributed by atoms with Crippen LogP contribution in [0.2, 0.25) is 0 Å². The van der Waals surface area contributed by atoms with Gasteiger partial charge in [0.1, 0.15) is 11.2 Å². The molecule has 66 heavy (non-hydrogen) atoms. The van der Waals surface area contributed by atoms with Crippen LogP contribution in [0, 0.1) is 0 Å². The lowest BCUT2D eigenvalue weighted by Crippen LogP contribution is -2.11. The Kier molecular flexibility index (Phi) is 9.89. The van der Waals surface area contributed by atoms with E-state index < -0.39 is 0 Å². The Hall–Kier alpha value is -8.72. The molecule has 0 aliphatic carbocycles. The first kappa shape index (κ1) is 38.9. The van der Waals surface area contributed by atoms with Crippen LogP contribution in [-0.4, -0.2) is 0 Å². The molecule has 0 atom stereocenters. The average Bonchev–Trinajstić information content (AvgIpc) is 3.79. The summed E-state index contributed by atoms with van der Waals surface area (Å²) in [7, 11) is 0. The molecule has 0 aliphatic rings. The van der Waals surface area contributed by atoms with E-state index in [-0.39, 0.29) is 0 Å². The minimum Gasteiger partial charge on any atom is -0.455 e. The maximum atomic E-state index is 6.60. The van der Waals surface area contributed by atoms with Gasteiger partial charge in [-0.3, -0.25) is 0 Å². The number of para-hydroxylation sites is 3. The van der Waals surface area contributed by atoms with Crippen molar-refractivity contribution in [3.05, 3.63) is 261 Å². The minimum atomic E-state index is 0.890. The molecule has 0 bridgehead atoms. The fourth-order valence-corrected chi connectivity index (χ4v) is 9.78. The Bertz CT molecular complexity index is 3690. The zero-order valence-corrected chi connectivity index (χ0v) is 36.2. The van der Waals surface area contributed by atoms with Crippen molar-refractivity contribution in [2.24, 2.45) is 0 Å². The lowest BCUT2D eigenvalue weighted by molar-refractivity contribution is 0.670. The highest BCUT2D eigenvalue weighted by atomic mass is 16.3. The van der Waals surface area contributed by atoms with Gasteiger partial charge in [0.15, 0.2) is 0 Å². The van der Waals surface area contributed by atoms with Crippen molar-refractivity contribution in [1.29, 1.82) is 0 Å². The predicted molar refractivity (Wildman–Crippen MR) is 279 cm³/mol. The zero-order chi connectivity index (χ0) is 43.8. The summed E-state index contributed by atoms with van der Waals surface area (Å²) in [5, 5.41) is 4.70. The van der Waals surface area contributed by atoms with E-state index in [2.05, 4.69) is 260 Å². The Morgan fingerprint density at radius 1 is 0.258 bits per heavy atom. The van der Waals surface area contributed by atoms with Crippen molar-refractivity contribution in [3.8, 4) is 66.8 Å². The lowest BCUT2D eigenvalue weighted by atomic mass is 9.86. The first-order valence-corrected chi connectivity index (χ1v) is 22.6. The third kappa shape index (κ3) is 7.02. The molecule has 0 aliphatic heterocycles. The smallest absolute Gasteiger partial charge is 0.143 e. The van der Waals surface area contributed by atoms with Crippen molar-refractivity contribution in [3.63, 3.8) is 0 Å². The van der Waals surface area contributed by atoms with Gasteiger partial charge in [0.2, 0.25) is 0 Å². The number of nitrogens with zero attached hydrogens (tertiary/aromatic N) is 1. The second-order valence-corrected chi connectivity index (χ2v) is 16.8. The summed E-state index contributed by atoms with van der Waals surface area (Å²) in [5.74, 6) is 0. The molecule has 0 saturated heterocycles. The number of fused-ring (bicyclic) bond motifs is 4. The van der Waals surface area contributed by atoms with Crippen LogP contribution in [0.4, 0.5) is 17.1 Å². The highest BCUT2D eigenvalue weighted by Gasteiger charge is 2.22. The van der Waals surface area contributed by atoms with E-state index in [0.29, 0.717) is 0 Å². The maximum absolute atomic E-state index is 6.60. The largest absolute Gasteiger partial charge is 0.455 e. The molecule has 11 aromatic carbocycles. The van der Waals surface area contributed by atoms with E-state index in [0.717, 1.165) is 61.3 Å². The van der Waals surface area contributed by atoms with Crippen molar-refractivity contribution < 1.29 is 4.42 Å². The van der Waals surface area contributed by atoms with E-state index in [9.17, 15) is 0 Å². The molecular formula is C64H43NO. The fraction of sp³-hybridized carbons (Fsp3) is 0. The number of rotatable bonds is 9. The van der Waals surface area contributed by atoms with E-state index >= 15 is 0 Å². The third-order valence-corrected chi connectivity index (χ3v) is 12.9. The maximum Gasteiger partial charge on any atom is 0.143 e. The summed E-state index contributed by atoms with van der Waals surface area (Å²) in [5.41, 5.74) is 18.8. The highest BCUT2D eigenvalue weighted by Crippen LogP contribution is 2.47. The Labute approximate surface area is 384 Å². The Morgan fingerprint density at radius 2 is 0.803 bits per heavy atom. The molecule has 0 fully saturated rings. The van der Waals surface area contributed by atoms with E-state index in [1.54, 1.807) is 0 Å². The second kappa shape index (κ2) is 16.8. The molecule has 12 rings (SSSR count). The number of anilines is 3. The molecular weight excluding hydrogens is 799 g/mol. The van der Waals surface area contributed by atoms with Gasteiger partial charge in [0, 0.05) is 33.3 Å². The molecule has 0 saturated carbocycles. The van der Waals surface area contributed by atoms with Crippen LogP contribution in [0.1, 0.15) is 0 Å². The molecule has 0 N–H and O–H groups in total. The van der Waals surface area contributed by atoms with Crippen LogP contribution in [0.3, 0.4) is 0 Å². The van der Waals surface area contributed by atoms with Crippen LogP contribution in [0.5, 0.6) is 0 Å². The van der Waals surface area contributed by atoms with Gasteiger partial charge in [-0.05, 0) is 109 Å². The van der Waals surface area contributed by atoms with Crippen molar-refractivity contribution in [2.75, 3.05) is 4.90 Å². The molecule has 0 spiro atoms. The van der Waals surface area contributed by atoms with Gasteiger partial charge in [-0.25, -0.2) is 0 Å². The molecule has 1 aromatic heterocycles. The first-order valence-electron chi connectivity index (χ1n) is 22.6. The molecule has 0 amide bonds. The molecule has 0 unspecified atom stereocenters. The van der Waals surface area contributed by atoms with Gasteiger partial charge >= 0.3 is 0 Å². The van der Waals surface area contributed by atoms with Crippen LogP contribution >= 0.6 is 0 Å². The van der Waals surface area contributed by atoms with E-state index in [1.807, 2.05) is 6.07 Å². The van der Waals surface area contributed by atoms with Gasteiger partial charge in [-0.15, -0.1) is 0 Å². The minimum absolute atomic E-state index is 0.890. The SMILES string of the molecule is c1ccc(-c2ccc(-c3ccccc3N(c3ccc(-c4cccc5ccccc45)cc3)c3cccc(-c4cccc5c4oc4ccccc45)c3)c(-c3ccccc3-c3ccccc3)c2)cc1. The van der Waals surface area contributed by atoms with Crippen molar-refractivity contribution in [1.82, 2.24) is 0 Å². The summed E-state index contributed by atoms with van der Waals surface area (Å²) < 4.78 is 6.60. The summed E-state index contributed by atoms with van der Waals surface area (Å²) in [6, 6.07) is 94.0. The van der Waals surface area contributed by atoms with E-state index in [4.69, 9.17) is 4.42 Å². The second-order valence-electron chi connectivity index (χ2n) is 16.8. The van der Waals surface area contributed by atoms with Gasteiger partial charge in [0.05, 0.1) is 5.69 Å². The van der Waals surface area contributed by atoms with Gasteiger partial charge in [0.25, 0.3) is 0 Å². The number of furan rings is 1. The Balaban J connectivity index is 1.07. The highest BCUT2D eigenvalue weighted by molar-refractivity contribution is 6.10. The first-order chi connectivity index (χ1) is 32.7. The normalized spacial score (nSPS) is 11.3. The Morgan fingerprint density at radius 3 is 1.64 bits per heavy atom. The topological polar surface area (TPSA) is 16.4 Å². The molecule has 2 heteroatoms. The van der Waals surface area contributed by atoms with Crippen LogP contribution in [0.25, 0.3) is 99.5 Å². The summed E-state index contributed by atoms with van der Waals surface area (Å²) in [4.78, 5) is 2.42. The predicted octanol–water partition coefficient (Wildman–Crippen LogP) is 18.2. The van der Waals surface area contributed by atoms with Crippen LogP contribution in [-0.2, 0) is 0 Å². The number of hydrogen-bond donors (Lipinski definition) is 0. The lowest BCUT2D eigenvalue weighted by Gasteiger charge is -2.29. The van der Waals surface area contributed by atoms with Crippen molar-refractivity contribution >= 4 is 49.8 Å². The number of hydrogen-bond acceptors (Lipinski definition) is 2. The third-order valence-electron chi connectivity index (χ3n) is 12.9.